The van der Waals surface area contributed by atoms with E-state index in [1.807, 2.05) is 0 Å². The van der Waals surface area contributed by atoms with Gasteiger partial charge in [0, 0.05) is 89.5 Å². The normalized spacial score (nSPS) is 39.8. The Morgan fingerprint density at radius 2 is 0.456 bits per heavy atom. The lowest BCUT2D eigenvalue weighted by molar-refractivity contribution is 0.165. The number of hydrogen-bond donors (Lipinski definition) is 0. The van der Waals surface area contributed by atoms with Crippen LogP contribution in [0.15, 0.2) is 24.8 Å². The first-order valence-electron chi connectivity index (χ1n) is 28.6. The molecule has 8 saturated carbocycles. The molecule has 8 aromatic heterocycles. The molecule has 8 heterocycles. The second kappa shape index (κ2) is 11.4. The molecule has 8 atom stereocenters. The van der Waals surface area contributed by atoms with Crippen LogP contribution in [0.25, 0.3) is 76.2 Å². The standard InChI is InChI=1S/C62H60N6/c1-25-5-33-6-26(1)14-37(13-25)57-45(33)49-41(21-63-57)67-42-22-64-59-39-17-29-3-30(18-39)10-35(9-29)47(59)51(42)55-56-52-44(24-66-60-40-19-31-4-32(20-40)12-36(11-31)48(52)60)68-43-23-65-58-38-15-27-2-28(16-38)8-34(7-27)46(58)50(43)54(62(56)68)53(49)61(55)67/h21-40H,1-20H2. The highest BCUT2D eigenvalue weighted by atomic mass is 15.0. The molecule has 68 heavy (non-hydrogen) atoms. The van der Waals surface area contributed by atoms with E-state index in [9.17, 15) is 0 Å². The Labute approximate surface area is 396 Å². The first-order valence-corrected chi connectivity index (χ1v) is 28.6. The number of hydrogen-bond acceptors (Lipinski definition) is 4. The maximum absolute atomic E-state index is 5.79. The number of aromatic nitrogens is 6. The molecule has 6 heteroatoms. The maximum Gasteiger partial charge on any atom is 0.0728 e. The number of pyridine rings is 4. The number of benzene rings is 1. The fourth-order valence-corrected chi connectivity index (χ4v) is 22.9. The highest BCUT2D eigenvalue weighted by Crippen LogP contribution is 2.66. The van der Waals surface area contributed by atoms with E-state index in [2.05, 4.69) is 33.6 Å². The van der Waals surface area contributed by atoms with Gasteiger partial charge in [-0.2, -0.15) is 0 Å². The first kappa shape index (κ1) is 35.5. The average Bonchev–Trinajstić information content (AvgIpc) is 3.91. The van der Waals surface area contributed by atoms with Crippen molar-refractivity contribution in [1.29, 1.82) is 0 Å². The lowest BCUT2D eigenvalue weighted by Crippen LogP contribution is -2.25. The van der Waals surface area contributed by atoms with Crippen molar-refractivity contribution in [1.82, 2.24) is 28.7 Å². The summed E-state index contributed by atoms with van der Waals surface area (Å²) >= 11 is 0. The molecule has 0 aliphatic heterocycles. The molecule has 16 aliphatic carbocycles. The van der Waals surface area contributed by atoms with Gasteiger partial charge in [0.2, 0.25) is 0 Å². The predicted molar refractivity (Wildman–Crippen MR) is 269 cm³/mol. The third kappa shape index (κ3) is 3.91. The monoisotopic (exact) mass is 888 g/mol. The van der Waals surface area contributed by atoms with Crippen molar-refractivity contribution in [3.05, 3.63) is 69.8 Å². The largest absolute Gasteiger partial charge is 0.305 e. The van der Waals surface area contributed by atoms with Gasteiger partial charge in [-0.1, -0.05) is 0 Å². The minimum absolute atomic E-state index is 0.608. The van der Waals surface area contributed by atoms with Crippen LogP contribution in [0.2, 0.25) is 0 Å². The molecular weight excluding hydrogens is 829 g/mol. The Morgan fingerprint density at radius 3 is 0.676 bits per heavy atom. The predicted octanol–water partition coefficient (Wildman–Crippen LogP) is 15.1. The molecule has 0 saturated heterocycles. The minimum Gasteiger partial charge on any atom is -0.305 e. The Morgan fingerprint density at radius 1 is 0.250 bits per heavy atom. The smallest absolute Gasteiger partial charge is 0.0728 e. The molecule has 0 N–H and O–H groups in total. The van der Waals surface area contributed by atoms with Crippen molar-refractivity contribution in [2.45, 2.75) is 176 Å². The molecular formula is C62H60N6. The van der Waals surface area contributed by atoms with Gasteiger partial charge in [-0.15, -0.1) is 0 Å². The lowest BCUT2D eigenvalue weighted by atomic mass is 9.67. The van der Waals surface area contributed by atoms with Gasteiger partial charge in [0.15, 0.2) is 0 Å². The fourth-order valence-electron chi connectivity index (χ4n) is 22.9. The zero-order valence-corrected chi connectivity index (χ0v) is 39.4. The van der Waals surface area contributed by atoms with Crippen LogP contribution in [0.1, 0.15) is 221 Å². The van der Waals surface area contributed by atoms with Gasteiger partial charge in [-0.3, -0.25) is 19.9 Å². The van der Waals surface area contributed by atoms with Crippen molar-refractivity contribution in [3.63, 3.8) is 0 Å². The molecule has 338 valence electrons. The van der Waals surface area contributed by atoms with Gasteiger partial charge in [0.05, 0.1) is 57.9 Å². The van der Waals surface area contributed by atoms with E-state index >= 15 is 0 Å². The Kier molecular flexibility index (Phi) is 5.98. The summed E-state index contributed by atoms with van der Waals surface area (Å²) in [5, 5.41) is 12.8. The van der Waals surface area contributed by atoms with Crippen LogP contribution in [0.4, 0.5) is 0 Å². The highest BCUT2D eigenvalue weighted by Gasteiger charge is 2.50. The van der Waals surface area contributed by atoms with Gasteiger partial charge in [0.1, 0.15) is 0 Å². The van der Waals surface area contributed by atoms with Crippen LogP contribution in [0, 0.1) is 47.3 Å². The van der Waals surface area contributed by atoms with E-state index < -0.39 is 0 Å². The van der Waals surface area contributed by atoms with Gasteiger partial charge >= 0.3 is 0 Å². The summed E-state index contributed by atoms with van der Waals surface area (Å²) in [6.45, 7) is 0. The number of nitrogens with zero attached hydrogens (tertiary/aromatic N) is 6. The van der Waals surface area contributed by atoms with Crippen LogP contribution in [0.3, 0.4) is 0 Å². The topological polar surface area (TPSA) is 60.4 Å². The molecule has 16 bridgehead atoms. The van der Waals surface area contributed by atoms with E-state index in [1.165, 1.54) is 184 Å². The highest BCUT2D eigenvalue weighted by molar-refractivity contribution is 6.46. The van der Waals surface area contributed by atoms with Gasteiger partial charge in [-0.05, 0) is 222 Å². The van der Waals surface area contributed by atoms with Crippen LogP contribution in [-0.4, -0.2) is 28.7 Å². The van der Waals surface area contributed by atoms with Gasteiger partial charge < -0.3 is 8.80 Å². The minimum atomic E-state index is 0.608. The summed E-state index contributed by atoms with van der Waals surface area (Å²) < 4.78 is 5.69. The Balaban J connectivity index is 1.04. The van der Waals surface area contributed by atoms with Crippen molar-refractivity contribution in [3.8, 4) is 0 Å². The lowest BCUT2D eigenvalue weighted by Gasteiger charge is -2.38. The van der Waals surface area contributed by atoms with Gasteiger partial charge in [-0.25, -0.2) is 0 Å². The summed E-state index contributed by atoms with van der Waals surface area (Å²) in [5.41, 5.74) is 21.4. The van der Waals surface area contributed by atoms with Gasteiger partial charge in [0.25, 0.3) is 0 Å². The second-order valence-corrected chi connectivity index (χ2v) is 27.4. The van der Waals surface area contributed by atoms with Crippen molar-refractivity contribution in [2.24, 2.45) is 47.3 Å². The van der Waals surface area contributed by atoms with E-state index in [0.717, 1.165) is 47.3 Å². The van der Waals surface area contributed by atoms with E-state index in [0.29, 0.717) is 47.3 Å². The molecule has 8 fully saturated rings. The molecule has 0 spiro atoms. The summed E-state index contributed by atoms with van der Waals surface area (Å²) in [5.74, 6) is 11.7. The molecule has 16 aliphatic rings. The third-order valence-electron chi connectivity index (χ3n) is 24.1. The molecule has 8 unspecified atom stereocenters. The van der Waals surface area contributed by atoms with Crippen molar-refractivity contribution < 1.29 is 0 Å². The zero-order chi connectivity index (χ0) is 42.9. The van der Waals surface area contributed by atoms with Crippen LogP contribution >= 0.6 is 0 Å². The molecule has 0 amide bonds. The fraction of sp³-hybridized carbons (Fsp3) is 0.581. The SMILES string of the molecule is c1nc2c(c3c4c5c6c7c(ncc6n6c8cnc9c(c8c(c8c%10c%11c(ncc%10n(c13)c48)C1CC3CC(C1)CC%11C3)c56)C1CC3CC(CC9C3)C1)C1CC3CC(C1)CC7C3)C1CC3CC(CC2C3)C1. The maximum atomic E-state index is 5.79. The first-order chi connectivity index (χ1) is 33.6. The Bertz CT molecular complexity index is 3320. The molecule has 25 rings (SSSR count). The summed E-state index contributed by atoms with van der Waals surface area (Å²) in [6, 6.07) is 0. The number of rotatable bonds is 0. The summed E-state index contributed by atoms with van der Waals surface area (Å²) in [7, 11) is 0. The van der Waals surface area contributed by atoms with E-state index in [4.69, 9.17) is 19.9 Å². The Hall–Kier alpha value is -4.58. The van der Waals surface area contributed by atoms with E-state index in [-0.39, 0.29) is 0 Å². The third-order valence-corrected chi connectivity index (χ3v) is 24.1. The quantitative estimate of drug-likeness (QED) is 0.152. The molecule has 1 aromatic carbocycles. The summed E-state index contributed by atoms with van der Waals surface area (Å²) in [6.07, 6.45) is 37.2. The number of fused-ring (bicyclic) bond motifs is 14. The molecule has 9 aromatic rings. The van der Waals surface area contributed by atoms with E-state index in [1.54, 1.807) is 65.3 Å². The molecule has 6 nitrogen and oxygen atoms in total. The second-order valence-electron chi connectivity index (χ2n) is 27.4. The van der Waals surface area contributed by atoms with Crippen LogP contribution in [-0.2, 0) is 0 Å². The summed E-state index contributed by atoms with van der Waals surface area (Å²) in [4.78, 5) is 23.1. The van der Waals surface area contributed by atoms with Crippen LogP contribution < -0.4 is 0 Å². The zero-order valence-electron chi connectivity index (χ0n) is 39.4. The molecule has 0 radical (unpaired) electrons. The van der Waals surface area contributed by atoms with Crippen molar-refractivity contribution in [2.75, 3.05) is 0 Å². The average molecular weight is 889 g/mol. The van der Waals surface area contributed by atoms with Crippen molar-refractivity contribution >= 4 is 76.2 Å². The van der Waals surface area contributed by atoms with Crippen LogP contribution in [0.5, 0.6) is 0 Å².